The summed E-state index contributed by atoms with van der Waals surface area (Å²) in [5.41, 5.74) is 1.83. The molecule has 1 unspecified atom stereocenters. The van der Waals surface area contributed by atoms with Gasteiger partial charge in [0.1, 0.15) is 6.54 Å². The van der Waals surface area contributed by atoms with Crippen LogP contribution in [-0.4, -0.2) is 60.4 Å². The molecule has 1 saturated heterocycles. The second-order valence-corrected chi connectivity index (χ2v) is 6.96. The Morgan fingerprint density at radius 1 is 1.43 bits per heavy atom. The molecule has 2 N–H and O–H groups in total. The Labute approximate surface area is 165 Å². The maximum Gasteiger partial charge on any atom is 0.246 e. The van der Waals surface area contributed by atoms with Crippen molar-refractivity contribution in [1.29, 1.82) is 0 Å². The van der Waals surface area contributed by atoms with E-state index in [1.54, 1.807) is 30.2 Å². The van der Waals surface area contributed by atoms with Crippen molar-refractivity contribution in [3.63, 3.8) is 0 Å². The van der Waals surface area contributed by atoms with Gasteiger partial charge in [-0.25, -0.2) is 0 Å². The van der Waals surface area contributed by atoms with Crippen LogP contribution in [0.1, 0.15) is 12.0 Å². The highest BCUT2D eigenvalue weighted by Crippen LogP contribution is 2.14. The van der Waals surface area contributed by atoms with Gasteiger partial charge >= 0.3 is 0 Å². The highest BCUT2D eigenvalue weighted by molar-refractivity contribution is 5.90. The van der Waals surface area contributed by atoms with Gasteiger partial charge in [-0.2, -0.15) is 5.10 Å². The van der Waals surface area contributed by atoms with E-state index in [4.69, 9.17) is 4.74 Å². The summed E-state index contributed by atoms with van der Waals surface area (Å²) in [7, 11) is 3.83. The Morgan fingerprint density at radius 3 is 3.04 bits per heavy atom. The van der Waals surface area contributed by atoms with Gasteiger partial charge in [-0.1, -0.05) is 12.1 Å². The molecule has 1 amide bonds. The van der Waals surface area contributed by atoms with Crippen molar-refractivity contribution in [2.75, 3.05) is 39.2 Å². The molecule has 28 heavy (non-hydrogen) atoms. The van der Waals surface area contributed by atoms with Gasteiger partial charge < -0.3 is 20.3 Å². The van der Waals surface area contributed by atoms with Crippen LogP contribution in [0.4, 0.5) is 5.69 Å². The van der Waals surface area contributed by atoms with E-state index in [2.05, 4.69) is 25.6 Å². The van der Waals surface area contributed by atoms with E-state index in [1.807, 2.05) is 31.3 Å². The number of hydrogen-bond acceptors (Lipinski definition) is 4. The summed E-state index contributed by atoms with van der Waals surface area (Å²) in [6, 6.07) is 9.60. The van der Waals surface area contributed by atoms with Crippen molar-refractivity contribution < 1.29 is 9.53 Å². The number of nitrogens with one attached hydrogen (secondary N) is 2. The average Bonchev–Trinajstić information content (AvgIpc) is 3.36. The lowest BCUT2D eigenvalue weighted by molar-refractivity contribution is -0.116. The average molecular weight is 384 g/mol. The number of benzene rings is 1. The SMILES string of the molecule is CN=C(NCc1cccc(NC(=O)Cn2cccn2)c1)N(C)CC1CCOC1. The Bertz CT molecular complexity index is 784. The van der Waals surface area contributed by atoms with Crippen molar-refractivity contribution in [3.05, 3.63) is 48.3 Å². The number of aliphatic imine (C=N–C) groups is 1. The Morgan fingerprint density at radius 2 is 2.32 bits per heavy atom. The van der Waals surface area contributed by atoms with Crippen LogP contribution in [-0.2, 0) is 22.6 Å². The van der Waals surface area contributed by atoms with Crippen LogP contribution >= 0.6 is 0 Å². The number of amides is 1. The predicted octanol–water partition coefficient (Wildman–Crippen LogP) is 1.57. The molecule has 1 aromatic heterocycles. The monoisotopic (exact) mass is 384 g/mol. The fraction of sp³-hybridized carbons (Fsp3) is 0.450. The van der Waals surface area contributed by atoms with E-state index in [9.17, 15) is 4.79 Å². The molecule has 1 aromatic carbocycles. The first kappa shape index (κ1) is 19.9. The molecule has 8 nitrogen and oxygen atoms in total. The third kappa shape index (κ3) is 5.82. The standard InChI is InChI=1S/C20H28N6O2/c1-21-20(25(2)13-17-7-10-28-15-17)22-12-16-5-3-6-18(11-16)24-19(27)14-26-9-4-8-23-26/h3-6,8-9,11,17H,7,10,12-15H2,1-2H3,(H,21,22)(H,24,27). The lowest BCUT2D eigenvalue weighted by atomic mass is 10.1. The maximum atomic E-state index is 12.1. The number of ether oxygens (including phenoxy) is 1. The lowest BCUT2D eigenvalue weighted by Gasteiger charge is -2.24. The fourth-order valence-corrected chi connectivity index (χ4v) is 3.27. The lowest BCUT2D eigenvalue weighted by Crippen LogP contribution is -2.41. The molecular weight excluding hydrogens is 356 g/mol. The molecule has 2 heterocycles. The molecule has 0 spiro atoms. The number of aromatic nitrogens is 2. The summed E-state index contributed by atoms with van der Waals surface area (Å²) in [6.45, 7) is 3.41. The molecule has 0 saturated carbocycles. The van der Waals surface area contributed by atoms with Crippen LogP contribution in [0.15, 0.2) is 47.7 Å². The van der Waals surface area contributed by atoms with Gasteiger partial charge in [-0.15, -0.1) is 0 Å². The maximum absolute atomic E-state index is 12.1. The summed E-state index contributed by atoms with van der Waals surface area (Å²) in [5, 5.41) is 10.3. The first-order valence-corrected chi connectivity index (χ1v) is 9.50. The zero-order chi connectivity index (χ0) is 19.8. The number of guanidine groups is 1. The molecule has 150 valence electrons. The molecule has 1 aliphatic rings. The quantitative estimate of drug-likeness (QED) is 0.559. The molecule has 8 heteroatoms. The van der Waals surface area contributed by atoms with E-state index < -0.39 is 0 Å². The molecule has 0 aliphatic carbocycles. The molecule has 0 bridgehead atoms. The molecule has 1 atom stereocenters. The number of nitrogens with zero attached hydrogens (tertiary/aromatic N) is 4. The zero-order valence-electron chi connectivity index (χ0n) is 16.5. The topological polar surface area (TPSA) is 83.8 Å². The summed E-state index contributed by atoms with van der Waals surface area (Å²) in [5.74, 6) is 1.29. The van der Waals surface area contributed by atoms with Gasteiger partial charge in [-0.3, -0.25) is 14.5 Å². The van der Waals surface area contributed by atoms with Crippen molar-refractivity contribution >= 4 is 17.6 Å². The Balaban J connectivity index is 1.50. The first-order chi connectivity index (χ1) is 13.6. The summed E-state index contributed by atoms with van der Waals surface area (Å²) >= 11 is 0. The van der Waals surface area contributed by atoms with Crippen LogP contribution in [0.3, 0.4) is 0 Å². The normalized spacial score (nSPS) is 16.8. The van der Waals surface area contributed by atoms with Crippen LogP contribution in [0.2, 0.25) is 0 Å². The van der Waals surface area contributed by atoms with Crippen molar-refractivity contribution in [2.45, 2.75) is 19.5 Å². The third-order valence-electron chi connectivity index (χ3n) is 4.66. The van der Waals surface area contributed by atoms with Gasteiger partial charge in [0.2, 0.25) is 5.91 Å². The van der Waals surface area contributed by atoms with Crippen LogP contribution in [0.25, 0.3) is 0 Å². The minimum Gasteiger partial charge on any atom is -0.381 e. The minimum atomic E-state index is -0.108. The molecular formula is C20H28N6O2. The minimum absolute atomic E-state index is 0.108. The number of carbonyl (C=O) groups excluding carboxylic acids is 1. The molecule has 1 fully saturated rings. The first-order valence-electron chi connectivity index (χ1n) is 9.50. The van der Waals surface area contributed by atoms with Crippen molar-refractivity contribution in [3.8, 4) is 0 Å². The number of carbonyl (C=O) groups is 1. The fourth-order valence-electron chi connectivity index (χ4n) is 3.27. The van der Waals surface area contributed by atoms with Crippen molar-refractivity contribution in [1.82, 2.24) is 20.0 Å². The molecule has 0 radical (unpaired) electrons. The van der Waals surface area contributed by atoms with Gasteiger partial charge in [0.15, 0.2) is 5.96 Å². The van der Waals surface area contributed by atoms with E-state index in [0.29, 0.717) is 12.5 Å². The van der Waals surface area contributed by atoms with E-state index >= 15 is 0 Å². The number of anilines is 1. The molecule has 1 aliphatic heterocycles. The van der Waals surface area contributed by atoms with Gasteiger partial charge in [0.25, 0.3) is 0 Å². The second-order valence-electron chi connectivity index (χ2n) is 6.96. The van der Waals surface area contributed by atoms with Crippen molar-refractivity contribution in [2.24, 2.45) is 10.9 Å². The summed E-state index contributed by atoms with van der Waals surface area (Å²) in [4.78, 5) is 18.6. The molecule has 2 aromatic rings. The number of rotatable bonds is 7. The van der Waals surface area contributed by atoms with Gasteiger partial charge in [-0.05, 0) is 30.2 Å². The van der Waals surface area contributed by atoms with Crippen LogP contribution in [0.5, 0.6) is 0 Å². The summed E-state index contributed by atoms with van der Waals surface area (Å²) in [6.07, 6.45) is 4.52. The largest absolute Gasteiger partial charge is 0.381 e. The molecule has 3 rings (SSSR count). The Hall–Kier alpha value is -2.87. The number of hydrogen-bond donors (Lipinski definition) is 2. The summed E-state index contributed by atoms with van der Waals surface area (Å²) < 4.78 is 7.04. The van der Waals surface area contributed by atoms with Crippen LogP contribution < -0.4 is 10.6 Å². The predicted molar refractivity (Wildman–Crippen MR) is 109 cm³/mol. The van der Waals surface area contributed by atoms with E-state index in [-0.39, 0.29) is 12.5 Å². The zero-order valence-corrected chi connectivity index (χ0v) is 16.5. The Kier molecular flexibility index (Phi) is 7.02. The van der Waals surface area contributed by atoms with E-state index in [0.717, 1.165) is 43.4 Å². The van der Waals surface area contributed by atoms with Crippen LogP contribution in [0, 0.1) is 5.92 Å². The van der Waals surface area contributed by atoms with Gasteiger partial charge in [0, 0.05) is 57.8 Å². The van der Waals surface area contributed by atoms with E-state index in [1.165, 1.54) is 0 Å². The third-order valence-corrected chi connectivity index (χ3v) is 4.66. The highest BCUT2D eigenvalue weighted by atomic mass is 16.5. The van der Waals surface area contributed by atoms with Gasteiger partial charge in [0.05, 0.1) is 6.61 Å². The second kappa shape index (κ2) is 9.89. The smallest absolute Gasteiger partial charge is 0.246 e. The highest BCUT2D eigenvalue weighted by Gasteiger charge is 2.19.